The number of hydrogen-bond acceptors (Lipinski definition) is 3. The smallest absolute Gasteiger partial charge is 0.321 e. The van der Waals surface area contributed by atoms with Crippen molar-refractivity contribution in [3.63, 3.8) is 0 Å². The number of benzene rings is 1. The number of carbonyl (C=O) groups excluding carboxylic acids is 2. The Hall–Kier alpha value is -2.28. The number of carbonyl (C=O) groups is 2. The molecule has 2 aromatic rings. The van der Waals surface area contributed by atoms with E-state index >= 15 is 0 Å². The van der Waals surface area contributed by atoms with Crippen LogP contribution in [-0.4, -0.2) is 47.9 Å². The molecule has 1 aromatic carbocycles. The fourth-order valence-electron chi connectivity index (χ4n) is 2.40. The van der Waals surface area contributed by atoms with Gasteiger partial charge < -0.3 is 19.5 Å². The molecule has 120 valence electrons. The lowest BCUT2D eigenvalue weighted by atomic mass is 10.3. The second kappa shape index (κ2) is 6.87. The van der Waals surface area contributed by atoms with E-state index in [-0.39, 0.29) is 11.9 Å². The molecule has 1 aliphatic heterocycles. The van der Waals surface area contributed by atoms with Gasteiger partial charge in [0.25, 0.3) is 5.91 Å². The quantitative estimate of drug-likeness (QED) is 0.874. The second-order valence-corrected chi connectivity index (χ2v) is 6.11. The zero-order valence-electron chi connectivity index (χ0n) is 12.4. The normalized spacial score (nSPS) is 14.7. The number of hydrogen-bond donors (Lipinski definition) is 1. The zero-order valence-corrected chi connectivity index (χ0v) is 14.0. The average molecular weight is 378 g/mol. The zero-order chi connectivity index (χ0) is 16.2. The highest BCUT2D eigenvalue weighted by atomic mass is 79.9. The van der Waals surface area contributed by atoms with Gasteiger partial charge in [-0.2, -0.15) is 0 Å². The summed E-state index contributed by atoms with van der Waals surface area (Å²) in [5.74, 6) is 0.195. The number of amides is 3. The van der Waals surface area contributed by atoms with Crippen LogP contribution in [0.4, 0.5) is 10.5 Å². The molecule has 0 radical (unpaired) electrons. The summed E-state index contributed by atoms with van der Waals surface area (Å²) in [6, 6.07) is 10.6. The molecule has 1 N–H and O–H groups in total. The average Bonchev–Trinajstić information content (AvgIpc) is 3.11. The van der Waals surface area contributed by atoms with Gasteiger partial charge in [0, 0.05) is 36.3 Å². The van der Waals surface area contributed by atoms with Gasteiger partial charge in [-0.3, -0.25) is 4.79 Å². The first kappa shape index (κ1) is 15.6. The molecule has 2 heterocycles. The number of urea groups is 1. The highest BCUT2D eigenvalue weighted by Gasteiger charge is 2.25. The first-order valence-electron chi connectivity index (χ1n) is 7.28. The number of halogens is 1. The lowest BCUT2D eigenvalue weighted by Gasteiger charge is -2.34. The molecule has 7 heteroatoms. The summed E-state index contributed by atoms with van der Waals surface area (Å²) >= 11 is 3.36. The minimum Gasteiger partial charge on any atom is -0.459 e. The maximum Gasteiger partial charge on any atom is 0.321 e. The van der Waals surface area contributed by atoms with Crippen LogP contribution >= 0.6 is 15.9 Å². The number of piperazine rings is 1. The van der Waals surface area contributed by atoms with Crippen molar-refractivity contribution >= 4 is 33.6 Å². The van der Waals surface area contributed by atoms with Crippen molar-refractivity contribution in [2.75, 3.05) is 31.5 Å². The van der Waals surface area contributed by atoms with Gasteiger partial charge in [-0.05, 0) is 36.4 Å². The van der Waals surface area contributed by atoms with Crippen molar-refractivity contribution in [3.05, 3.63) is 52.9 Å². The monoisotopic (exact) mass is 377 g/mol. The van der Waals surface area contributed by atoms with Crippen molar-refractivity contribution < 1.29 is 14.0 Å². The molecule has 3 amide bonds. The highest BCUT2D eigenvalue weighted by Crippen LogP contribution is 2.15. The summed E-state index contributed by atoms with van der Waals surface area (Å²) in [6.45, 7) is 1.98. The van der Waals surface area contributed by atoms with Crippen LogP contribution in [-0.2, 0) is 0 Å². The Balaban J connectivity index is 1.53. The molecule has 1 aromatic heterocycles. The lowest BCUT2D eigenvalue weighted by Crippen LogP contribution is -2.51. The largest absolute Gasteiger partial charge is 0.459 e. The maximum atomic E-state index is 12.2. The van der Waals surface area contributed by atoms with Crippen LogP contribution in [0, 0.1) is 0 Å². The molecule has 1 fully saturated rings. The van der Waals surface area contributed by atoms with Gasteiger partial charge in [-0.25, -0.2) is 4.79 Å². The van der Waals surface area contributed by atoms with E-state index in [0.29, 0.717) is 31.9 Å². The first-order chi connectivity index (χ1) is 11.1. The molecule has 0 saturated carbocycles. The molecule has 0 spiro atoms. The Bertz CT molecular complexity index is 677. The Morgan fingerprint density at radius 2 is 1.65 bits per heavy atom. The predicted molar refractivity (Wildman–Crippen MR) is 89.3 cm³/mol. The van der Waals surface area contributed by atoms with Crippen molar-refractivity contribution in [2.24, 2.45) is 0 Å². The number of nitrogens with one attached hydrogen (secondary N) is 1. The summed E-state index contributed by atoms with van der Waals surface area (Å²) in [6.07, 6.45) is 1.48. The van der Waals surface area contributed by atoms with Crippen molar-refractivity contribution in [1.29, 1.82) is 0 Å². The standard InChI is InChI=1S/C16H16BrN3O3/c17-12-3-5-13(6-4-12)18-16(22)20-9-7-19(8-10-20)15(21)14-2-1-11-23-14/h1-6,11H,7-10H2,(H,18,22). The maximum absolute atomic E-state index is 12.2. The molecule has 1 saturated heterocycles. The fourth-order valence-corrected chi connectivity index (χ4v) is 2.67. The van der Waals surface area contributed by atoms with Crippen LogP contribution in [0.25, 0.3) is 0 Å². The van der Waals surface area contributed by atoms with Crippen LogP contribution in [0.3, 0.4) is 0 Å². The van der Waals surface area contributed by atoms with Crippen LogP contribution in [0.5, 0.6) is 0 Å². The summed E-state index contributed by atoms with van der Waals surface area (Å²) < 4.78 is 6.08. The Labute approximate surface area is 142 Å². The van der Waals surface area contributed by atoms with E-state index in [9.17, 15) is 9.59 Å². The lowest BCUT2D eigenvalue weighted by molar-refractivity contribution is 0.0640. The topological polar surface area (TPSA) is 65.8 Å². The van der Waals surface area contributed by atoms with Crippen molar-refractivity contribution in [2.45, 2.75) is 0 Å². The van der Waals surface area contributed by atoms with Gasteiger partial charge in [0.05, 0.1) is 6.26 Å². The van der Waals surface area contributed by atoms with Gasteiger partial charge in [0.1, 0.15) is 0 Å². The molecule has 0 aliphatic carbocycles. The third kappa shape index (κ3) is 3.73. The van der Waals surface area contributed by atoms with E-state index < -0.39 is 0 Å². The Morgan fingerprint density at radius 3 is 2.26 bits per heavy atom. The fraction of sp³-hybridized carbons (Fsp3) is 0.250. The summed E-state index contributed by atoms with van der Waals surface area (Å²) in [4.78, 5) is 27.8. The van der Waals surface area contributed by atoms with E-state index in [1.165, 1.54) is 6.26 Å². The minimum atomic E-state index is -0.155. The SMILES string of the molecule is O=C(Nc1ccc(Br)cc1)N1CCN(C(=O)c2ccco2)CC1. The van der Waals surface area contributed by atoms with E-state index in [1.54, 1.807) is 21.9 Å². The molecule has 23 heavy (non-hydrogen) atoms. The molecular formula is C16H16BrN3O3. The summed E-state index contributed by atoms with van der Waals surface area (Å²) in [5, 5.41) is 2.85. The third-order valence-electron chi connectivity index (χ3n) is 3.68. The molecule has 0 bridgehead atoms. The van der Waals surface area contributed by atoms with Crippen LogP contribution < -0.4 is 5.32 Å². The predicted octanol–water partition coefficient (Wildman–Crippen LogP) is 3.03. The third-order valence-corrected chi connectivity index (χ3v) is 4.21. The van der Waals surface area contributed by atoms with Crippen molar-refractivity contribution in [3.8, 4) is 0 Å². The van der Waals surface area contributed by atoms with Crippen LogP contribution in [0.1, 0.15) is 10.6 Å². The molecule has 3 rings (SSSR count). The first-order valence-corrected chi connectivity index (χ1v) is 8.07. The van der Waals surface area contributed by atoms with Gasteiger partial charge in [0.2, 0.25) is 0 Å². The Kier molecular flexibility index (Phi) is 4.66. The molecule has 1 aliphatic rings. The number of furan rings is 1. The molecule has 0 unspecified atom stereocenters. The molecule has 6 nitrogen and oxygen atoms in total. The summed E-state index contributed by atoms with van der Waals surface area (Å²) in [5.41, 5.74) is 0.743. The number of rotatable bonds is 2. The van der Waals surface area contributed by atoms with Gasteiger partial charge in [-0.15, -0.1) is 0 Å². The van der Waals surface area contributed by atoms with Gasteiger partial charge >= 0.3 is 6.03 Å². The minimum absolute atomic E-state index is 0.136. The number of anilines is 1. The van der Waals surface area contributed by atoms with Gasteiger partial charge in [0.15, 0.2) is 5.76 Å². The van der Waals surface area contributed by atoms with E-state index in [0.717, 1.165) is 10.2 Å². The van der Waals surface area contributed by atoms with E-state index in [4.69, 9.17) is 4.42 Å². The number of nitrogens with zero attached hydrogens (tertiary/aromatic N) is 2. The van der Waals surface area contributed by atoms with Crippen molar-refractivity contribution in [1.82, 2.24) is 9.80 Å². The molecule has 0 atom stereocenters. The van der Waals surface area contributed by atoms with Gasteiger partial charge in [-0.1, -0.05) is 15.9 Å². The summed E-state index contributed by atoms with van der Waals surface area (Å²) in [7, 11) is 0. The second-order valence-electron chi connectivity index (χ2n) is 5.19. The molecular weight excluding hydrogens is 362 g/mol. The highest BCUT2D eigenvalue weighted by molar-refractivity contribution is 9.10. The van der Waals surface area contributed by atoms with Crippen LogP contribution in [0.15, 0.2) is 51.6 Å². The van der Waals surface area contributed by atoms with E-state index in [1.807, 2.05) is 24.3 Å². The van der Waals surface area contributed by atoms with E-state index in [2.05, 4.69) is 21.2 Å². The van der Waals surface area contributed by atoms with Crippen LogP contribution in [0.2, 0.25) is 0 Å². The Morgan fingerprint density at radius 1 is 1.00 bits per heavy atom.